The molecule has 0 atom stereocenters. The zero-order valence-corrected chi connectivity index (χ0v) is 13.8. The van der Waals surface area contributed by atoms with Crippen molar-refractivity contribution in [3.05, 3.63) is 0 Å². The number of nitrogens with one attached hydrogen (secondary N) is 2. The molecular weight excluding hydrogens is 266 g/mol. The van der Waals surface area contributed by atoms with Crippen LogP contribution >= 0.6 is 0 Å². The molecule has 0 aromatic carbocycles. The lowest BCUT2D eigenvalue weighted by Crippen LogP contribution is -2.39. The van der Waals surface area contributed by atoms with Crippen molar-refractivity contribution in [3.63, 3.8) is 0 Å². The van der Waals surface area contributed by atoms with Gasteiger partial charge in [-0.3, -0.25) is 4.99 Å². The molecule has 5 heteroatoms. The smallest absolute Gasteiger partial charge is 0.191 e. The normalized spacial score (nSPS) is 17.0. The summed E-state index contributed by atoms with van der Waals surface area (Å²) >= 11 is 0. The van der Waals surface area contributed by atoms with Gasteiger partial charge in [0.15, 0.2) is 5.96 Å². The molecule has 0 amide bonds. The number of aliphatic imine (C=N–C) groups is 1. The molecule has 0 radical (unpaired) electrons. The first-order valence-corrected chi connectivity index (χ1v) is 8.58. The van der Waals surface area contributed by atoms with E-state index in [9.17, 15) is 0 Å². The third-order valence-corrected chi connectivity index (χ3v) is 3.57. The quantitative estimate of drug-likeness (QED) is 0.369. The molecule has 0 aliphatic heterocycles. The minimum absolute atomic E-state index is 0.500. The highest BCUT2D eigenvalue weighted by atomic mass is 16.5. The molecule has 21 heavy (non-hydrogen) atoms. The third-order valence-electron chi connectivity index (χ3n) is 3.57. The highest BCUT2D eigenvalue weighted by Gasteiger charge is 2.12. The Morgan fingerprint density at radius 3 is 2.62 bits per heavy atom. The van der Waals surface area contributed by atoms with Crippen LogP contribution in [0.25, 0.3) is 0 Å². The average molecular weight is 299 g/mol. The summed E-state index contributed by atoms with van der Waals surface area (Å²) in [6, 6.07) is 0. The molecule has 1 fully saturated rings. The Kier molecular flexibility index (Phi) is 11.2. The van der Waals surface area contributed by atoms with E-state index in [4.69, 9.17) is 9.47 Å². The molecule has 0 aromatic heterocycles. The molecule has 124 valence electrons. The molecule has 0 spiro atoms. The first-order chi connectivity index (χ1) is 10.4. The van der Waals surface area contributed by atoms with Crippen molar-refractivity contribution < 1.29 is 9.47 Å². The van der Waals surface area contributed by atoms with E-state index in [-0.39, 0.29) is 0 Å². The molecule has 1 saturated carbocycles. The number of ether oxygens (including phenoxy) is 2. The Balaban J connectivity index is 2.08. The molecule has 0 aromatic rings. The van der Waals surface area contributed by atoms with Crippen LogP contribution in [0.1, 0.15) is 52.4 Å². The summed E-state index contributed by atoms with van der Waals surface area (Å²) in [5.41, 5.74) is 0. The van der Waals surface area contributed by atoms with E-state index in [0.29, 0.717) is 12.7 Å². The van der Waals surface area contributed by atoms with Gasteiger partial charge in [-0.05, 0) is 33.1 Å². The Labute approximate surface area is 129 Å². The summed E-state index contributed by atoms with van der Waals surface area (Å²) in [7, 11) is 0. The number of hydrogen-bond donors (Lipinski definition) is 2. The predicted octanol–water partition coefficient (Wildman–Crippen LogP) is 2.32. The molecule has 0 bridgehead atoms. The second-order valence-corrected chi connectivity index (χ2v) is 5.37. The fourth-order valence-electron chi connectivity index (χ4n) is 2.46. The zero-order chi connectivity index (χ0) is 15.2. The lowest BCUT2D eigenvalue weighted by molar-refractivity contribution is 0.0281. The summed E-state index contributed by atoms with van der Waals surface area (Å²) in [4.78, 5) is 4.55. The van der Waals surface area contributed by atoms with Crippen molar-refractivity contribution >= 4 is 5.96 Å². The van der Waals surface area contributed by atoms with Gasteiger partial charge in [0.1, 0.15) is 0 Å². The van der Waals surface area contributed by atoms with Crippen molar-refractivity contribution in [1.82, 2.24) is 10.6 Å². The second kappa shape index (κ2) is 12.9. The molecule has 1 aliphatic rings. The van der Waals surface area contributed by atoms with Crippen LogP contribution in [0.15, 0.2) is 4.99 Å². The summed E-state index contributed by atoms with van der Waals surface area (Å²) < 4.78 is 11.2. The molecule has 5 nitrogen and oxygen atoms in total. The topological polar surface area (TPSA) is 54.9 Å². The Hall–Kier alpha value is -0.810. The third kappa shape index (κ3) is 9.69. The first kappa shape index (κ1) is 18.2. The molecule has 2 N–H and O–H groups in total. The maximum Gasteiger partial charge on any atom is 0.191 e. The lowest BCUT2D eigenvalue weighted by atomic mass is 9.98. The van der Waals surface area contributed by atoms with Crippen LogP contribution in [0.4, 0.5) is 0 Å². The maximum atomic E-state index is 5.91. The summed E-state index contributed by atoms with van der Waals surface area (Å²) in [5.74, 6) is 0.870. The minimum atomic E-state index is 0.500. The van der Waals surface area contributed by atoms with Crippen molar-refractivity contribution in [2.45, 2.75) is 58.5 Å². The predicted molar refractivity (Wildman–Crippen MR) is 87.9 cm³/mol. The number of hydrogen-bond acceptors (Lipinski definition) is 3. The van der Waals surface area contributed by atoms with Crippen molar-refractivity contribution in [2.75, 3.05) is 39.5 Å². The monoisotopic (exact) mass is 299 g/mol. The van der Waals surface area contributed by atoms with Gasteiger partial charge >= 0.3 is 0 Å². The highest BCUT2D eigenvalue weighted by Crippen LogP contribution is 2.20. The molecule has 1 aliphatic carbocycles. The van der Waals surface area contributed by atoms with E-state index in [1.165, 1.54) is 32.1 Å². The summed E-state index contributed by atoms with van der Waals surface area (Å²) in [5, 5.41) is 6.51. The molecular formula is C16H33N3O2. The first-order valence-electron chi connectivity index (χ1n) is 8.58. The van der Waals surface area contributed by atoms with Gasteiger partial charge in [-0.25, -0.2) is 0 Å². The molecule has 0 unspecified atom stereocenters. The Bertz CT molecular complexity index is 266. The van der Waals surface area contributed by atoms with E-state index in [0.717, 1.165) is 45.2 Å². The van der Waals surface area contributed by atoms with E-state index >= 15 is 0 Å². The standard InChI is InChI=1S/C16H33N3O2/c1-3-17-16(19-12-14-20-4-2)18-11-8-13-21-15-9-6-5-7-10-15/h15H,3-14H2,1-2H3,(H2,17,18,19). The second-order valence-electron chi connectivity index (χ2n) is 5.37. The fraction of sp³-hybridized carbons (Fsp3) is 0.938. The largest absolute Gasteiger partial charge is 0.380 e. The zero-order valence-electron chi connectivity index (χ0n) is 13.8. The van der Waals surface area contributed by atoms with Gasteiger partial charge in [0.05, 0.1) is 12.7 Å². The fourth-order valence-corrected chi connectivity index (χ4v) is 2.46. The van der Waals surface area contributed by atoms with Gasteiger partial charge in [-0.2, -0.15) is 0 Å². The van der Waals surface area contributed by atoms with Gasteiger partial charge in [0.2, 0.25) is 0 Å². The van der Waals surface area contributed by atoms with Crippen molar-refractivity contribution in [3.8, 4) is 0 Å². The maximum absolute atomic E-state index is 5.91. The van der Waals surface area contributed by atoms with E-state index in [1.54, 1.807) is 0 Å². The summed E-state index contributed by atoms with van der Waals surface area (Å²) in [6.07, 6.45) is 8.01. The van der Waals surface area contributed by atoms with E-state index in [2.05, 4.69) is 22.5 Å². The molecule has 1 rings (SSSR count). The SMILES string of the molecule is CCNC(=NCCCOC1CCCCC1)NCCOCC. The highest BCUT2D eigenvalue weighted by molar-refractivity contribution is 5.79. The van der Waals surface area contributed by atoms with Crippen LogP contribution in [0.2, 0.25) is 0 Å². The van der Waals surface area contributed by atoms with Crippen LogP contribution in [-0.2, 0) is 9.47 Å². The average Bonchev–Trinajstić information content (AvgIpc) is 2.52. The van der Waals surface area contributed by atoms with Crippen LogP contribution < -0.4 is 10.6 Å². The number of nitrogens with zero attached hydrogens (tertiary/aromatic N) is 1. The summed E-state index contributed by atoms with van der Waals surface area (Å²) in [6.45, 7) is 8.84. The van der Waals surface area contributed by atoms with Gasteiger partial charge in [0, 0.05) is 32.8 Å². The van der Waals surface area contributed by atoms with Crippen LogP contribution in [0.5, 0.6) is 0 Å². The van der Waals surface area contributed by atoms with Gasteiger partial charge in [-0.15, -0.1) is 0 Å². The minimum Gasteiger partial charge on any atom is -0.380 e. The van der Waals surface area contributed by atoms with E-state index < -0.39 is 0 Å². The van der Waals surface area contributed by atoms with Gasteiger partial charge in [-0.1, -0.05) is 19.3 Å². The van der Waals surface area contributed by atoms with Gasteiger partial charge in [0.25, 0.3) is 0 Å². The van der Waals surface area contributed by atoms with Crippen LogP contribution in [0.3, 0.4) is 0 Å². The van der Waals surface area contributed by atoms with Crippen molar-refractivity contribution in [1.29, 1.82) is 0 Å². The van der Waals surface area contributed by atoms with E-state index in [1.807, 2.05) is 6.92 Å². The number of rotatable bonds is 10. The Morgan fingerprint density at radius 1 is 1.10 bits per heavy atom. The number of guanidine groups is 1. The van der Waals surface area contributed by atoms with Crippen LogP contribution in [-0.4, -0.2) is 51.5 Å². The van der Waals surface area contributed by atoms with Crippen molar-refractivity contribution in [2.24, 2.45) is 4.99 Å². The Morgan fingerprint density at radius 2 is 1.90 bits per heavy atom. The van der Waals surface area contributed by atoms with Crippen LogP contribution in [0, 0.1) is 0 Å². The molecule has 0 saturated heterocycles. The lowest BCUT2D eigenvalue weighted by Gasteiger charge is -2.21. The van der Waals surface area contributed by atoms with Gasteiger partial charge < -0.3 is 20.1 Å². The molecule has 0 heterocycles.